The Hall–Kier alpha value is -2.10. The molecule has 19 heavy (non-hydrogen) atoms. The molecule has 0 atom stereocenters. The molecule has 5 nitrogen and oxygen atoms in total. The Labute approximate surface area is 115 Å². The van der Waals surface area contributed by atoms with E-state index < -0.39 is 0 Å². The molecule has 0 aromatic carbocycles. The number of carbonyl (C=O) groups is 1. The summed E-state index contributed by atoms with van der Waals surface area (Å²) < 4.78 is 1.63. The lowest BCUT2D eigenvalue weighted by Gasteiger charge is -1.98. The normalized spacial score (nSPS) is 9.84. The topological polar surface area (TPSA) is 72.9 Å². The Kier molecular flexibility index (Phi) is 4.00. The molecule has 1 amide bonds. The highest BCUT2D eigenvalue weighted by atomic mass is 32.1. The quantitative estimate of drug-likeness (QED) is 0.812. The number of carbonyl (C=O) groups excluding carboxylic acids is 1. The van der Waals surface area contributed by atoms with Crippen LogP contribution in [0.15, 0.2) is 18.5 Å². The minimum atomic E-state index is -0.151. The average Bonchev–Trinajstić information content (AvgIpc) is 2.93. The summed E-state index contributed by atoms with van der Waals surface area (Å²) in [5, 5.41) is 6.79. The van der Waals surface area contributed by atoms with Gasteiger partial charge in [0, 0.05) is 13.2 Å². The fraction of sp³-hybridized carbons (Fsp3) is 0.231. The molecule has 0 fully saturated rings. The Morgan fingerprint density at radius 1 is 1.63 bits per heavy atom. The fourth-order valence-electron chi connectivity index (χ4n) is 1.53. The maximum absolute atomic E-state index is 12.1. The van der Waals surface area contributed by atoms with Crippen molar-refractivity contribution in [2.75, 3.05) is 11.9 Å². The summed E-state index contributed by atoms with van der Waals surface area (Å²) in [6.45, 7) is 2.24. The van der Waals surface area contributed by atoms with Crippen molar-refractivity contribution in [3.63, 3.8) is 0 Å². The van der Waals surface area contributed by atoms with E-state index in [9.17, 15) is 4.79 Å². The third kappa shape index (κ3) is 3.22. The zero-order chi connectivity index (χ0) is 13.8. The number of aromatic nitrogens is 2. The van der Waals surface area contributed by atoms with Crippen LogP contribution in [0.25, 0.3) is 0 Å². The van der Waals surface area contributed by atoms with E-state index in [2.05, 4.69) is 22.3 Å². The molecule has 2 heterocycles. The molecule has 0 aliphatic heterocycles. The second-order valence-corrected chi connectivity index (χ2v) is 5.04. The van der Waals surface area contributed by atoms with Crippen LogP contribution in [0.5, 0.6) is 0 Å². The van der Waals surface area contributed by atoms with Gasteiger partial charge in [0.05, 0.1) is 28.2 Å². The molecular formula is C13H14N4OS. The predicted octanol–water partition coefficient (Wildman–Crippen LogP) is 1.35. The van der Waals surface area contributed by atoms with E-state index in [1.807, 2.05) is 13.0 Å². The zero-order valence-corrected chi connectivity index (χ0v) is 11.5. The molecule has 6 heteroatoms. The molecule has 98 valence electrons. The summed E-state index contributed by atoms with van der Waals surface area (Å²) >= 11 is 1.37. The Morgan fingerprint density at radius 3 is 3.05 bits per heavy atom. The van der Waals surface area contributed by atoms with Crippen LogP contribution in [0.4, 0.5) is 5.69 Å². The zero-order valence-electron chi connectivity index (χ0n) is 10.7. The fourth-order valence-corrected chi connectivity index (χ4v) is 2.47. The summed E-state index contributed by atoms with van der Waals surface area (Å²) in [6.07, 6.45) is 3.35. The maximum atomic E-state index is 12.1. The van der Waals surface area contributed by atoms with Crippen molar-refractivity contribution >= 4 is 22.9 Å². The van der Waals surface area contributed by atoms with Crippen molar-refractivity contribution in [3.8, 4) is 11.8 Å². The van der Waals surface area contributed by atoms with E-state index >= 15 is 0 Å². The Morgan fingerprint density at radius 2 is 2.42 bits per heavy atom. The van der Waals surface area contributed by atoms with Crippen LogP contribution >= 0.6 is 11.3 Å². The van der Waals surface area contributed by atoms with Gasteiger partial charge in [0.25, 0.3) is 5.91 Å². The summed E-state index contributed by atoms with van der Waals surface area (Å²) in [5.74, 6) is 5.61. The van der Waals surface area contributed by atoms with Crippen LogP contribution in [0.1, 0.15) is 20.1 Å². The molecule has 0 radical (unpaired) electrons. The molecular weight excluding hydrogens is 260 g/mol. The van der Waals surface area contributed by atoms with Crippen molar-refractivity contribution in [2.24, 2.45) is 12.8 Å². The number of anilines is 1. The van der Waals surface area contributed by atoms with Gasteiger partial charge in [-0.05, 0) is 18.6 Å². The number of hydrogen-bond acceptors (Lipinski definition) is 4. The highest BCUT2D eigenvalue weighted by Crippen LogP contribution is 2.22. The first-order valence-electron chi connectivity index (χ1n) is 5.69. The van der Waals surface area contributed by atoms with Gasteiger partial charge in [0.2, 0.25) is 0 Å². The minimum absolute atomic E-state index is 0.151. The number of aryl methyl sites for hydroxylation is 2. The lowest BCUT2D eigenvalue weighted by atomic mass is 10.2. The second kappa shape index (κ2) is 5.69. The van der Waals surface area contributed by atoms with E-state index in [0.717, 1.165) is 10.4 Å². The van der Waals surface area contributed by atoms with Gasteiger partial charge in [0.15, 0.2) is 0 Å². The lowest BCUT2D eigenvalue weighted by Crippen LogP contribution is -2.09. The van der Waals surface area contributed by atoms with Crippen LogP contribution in [0, 0.1) is 18.8 Å². The molecule has 0 bridgehead atoms. The van der Waals surface area contributed by atoms with Crippen molar-refractivity contribution in [3.05, 3.63) is 33.8 Å². The predicted molar refractivity (Wildman–Crippen MR) is 76.1 cm³/mol. The minimum Gasteiger partial charge on any atom is -0.320 e. The molecule has 2 rings (SSSR count). The number of nitrogens with two attached hydrogens (primary N) is 1. The summed E-state index contributed by atoms with van der Waals surface area (Å²) in [4.78, 5) is 13.6. The summed E-state index contributed by atoms with van der Waals surface area (Å²) in [6, 6.07) is 1.83. The summed E-state index contributed by atoms with van der Waals surface area (Å²) in [5.41, 5.74) is 7.00. The molecule has 2 aromatic rings. The molecule has 0 aliphatic carbocycles. The van der Waals surface area contributed by atoms with Gasteiger partial charge >= 0.3 is 0 Å². The monoisotopic (exact) mass is 274 g/mol. The first-order valence-corrected chi connectivity index (χ1v) is 6.51. The van der Waals surface area contributed by atoms with Crippen LogP contribution in [-0.4, -0.2) is 22.2 Å². The highest BCUT2D eigenvalue weighted by Gasteiger charge is 2.12. The van der Waals surface area contributed by atoms with Gasteiger partial charge < -0.3 is 11.1 Å². The Balaban J connectivity index is 2.15. The van der Waals surface area contributed by atoms with E-state index in [1.54, 1.807) is 24.1 Å². The van der Waals surface area contributed by atoms with Crippen molar-refractivity contribution in [2.45, 2.75) is 6.92 Å². The number of thiophene rings is 1. The molecule has 0 saturated carbocycles. The van der Waals surface area contributed by atoms with Gasteiger partial charge in [-0.25, -0.2) is 0 Å². The van der Waals surface area contributed by atoms with Crippen molar-refractivity contribution < 1.29 is 4.79 Å². The second-order valence-electron chi connectivity index (χ2n) is 3.99. The molecule has 3 N–H and O–H groups in total. The first kappa shape index (κ1) is 13.3. The molecule has 0 aliphatic rings. The molecule has 2 aromatic heterocycles. The third-order valence-corrected chi connectivity index (χ3v) is 3.56. The largest absolute Gasteiger partial charge is 0.320 e. The number of rotatable bonds is 2. The van der Waals surface area contributed by atoms with E-state index in [0.29, 0.717) is 17.1 Å². The van der Waals surface area contributed by atoms with E-state index in [4.69, 9.17) is 5.73 Å². The van der Waals surface area contributed by atoms with Crippen molar-refractivity contribution in [1.29, 1.82) is 0 Å². The van der Waals surface area contributed by atoms with Crippen LogP contribution < -0.4 is 11.1 Å². The molecule has 0 unspecified atom stereocenters. The average molecular weight is 274 g/mol. The number of amides is 1. The van der Waals surface area contributed by atoms with Gasteiger partial charge in [0.1, 0.15) is 0 Å². The lowest BCUT2D eigenvalue weighted by molar-refractivity contribution is 0.103. The number of nitrogens with zero attached hydrogens (tertiary/aromatic N) is 2. The van der Waals surface area contributed by atoms with E-state index in [-0.39, 0.29) is 5.91 Å². The summed E-state index contributed by atoms with van der Waals surface area (Å²) in [7, 11) is 1.80. The van der Waals surface area contributed by atoms with Crippen LogP contribution in [-0.2, 0) is 7.05 Å². The van der Waals surface area contributed by atoms with Gasteiger partial charge in [-0.3, -0.25) is 9.48 Å². The number of nitrogens with one attached hydrogen (secondary N) is 1. The first-order chi connectivity index (χ1) is 9.10. The smallest absolute Gasteiger partial charge is 0.265 e. The standard InChI is InChI=1S/C13H14N4OS/c1-9-6-12(19-11(9)4-3-5-14)13(18)16-10-7-15-17(2)8-10/h6-8H,5,14H2,1-2H3,(H,16,18). The molecule has 0 saturated heterocycles. The number of hydrogen-bond donors (Lipinski definition) is 2. The third-order valence-electron chi connectivity index (χ3n) is 2.41. The highest BCUT2D eigenvalue weighted by molar-refractivity contribution is 7.14. The van der Waals surface area contributed by atoms with Crippen LogP contribution in [0.3, 0.4) is 0 Å². The van der Waals surface area contributed by atoms with Gasteiger partial charge in [-0.2, -0.15) is 5.10 Å². The molecule has 0 spiro atoms. The van der Waals surface area contributed by atoms with Crippen LogP contribution in [0.2, 0.25) is 0 Å². The SMILES string of the molecule is Cc1cc(C(=O)Nc2cnn(C)c2)sc1C#CCN. The maximum Gasteiger partial charge on any atom is 0.265 e. The van der Waals surface area contributed by atoms with Crippen molar-refractivity contribution in [1.82, 2.24) is 9.78 Å². The van der Waals surface area contributed by atoms with E-state index in [1.165, 1.54) is 11.3 Å². The van der Waals surface area contributed by atoms with Gasteiger partial charge in [-0.1, -0.05) is 11.8 Å². The Bertz CT molecular complexity index is 660. The van der Waals surface area contributed by atoms with Gasteiger partial charge in [-0.15, -0.1) is 11.3 Å².